The Labute approximate surface area is 89.2 Å². The second-order valence-electron chi connectivity index (χ2n) is 2.86. The summed E-state index contributed by atoms with van der Waals surface area (Å²) in [4.78, 5) is 10.1. The first-order chi connectivity index (χ1) is 7.41. The quantitative estimate of drug-likeness (QED) is 0.786. The number of alkyl halides is 3. The molecule has 0 spiro atoms. The Kier molecular flexibility index (Phi) is 3.55. The summed E-state index contributed by atoms with van der Waals surface area (Å²) in [5, 5.41) is 10.5. The van der Waals surface area contributed by atoms with Gasteiger partial charge in [-0.3, -0.25) is 0 Å². The van der Waals surface area contributed by atoms with Crippen molar-refractivity contribution in [3.8, 4) is 0 Å². The van der Waals surface area contributed by atoms with E-state index in [0.717, 1.165) is 12.3 Å². The van der Waals surface area contributed by atoms with E-state index in [9.17, 15) is 18.0 Å². The van der Waals surface area contributed by atoms with Gasteiger partial charge in [-0.25, -0.2) is 4.79 Å². The lowest BCUT2D eigenvalue weighted by Gasteiger charge is -2.11. The van der Waals surface area contributed by atoms with Crippen molar-refractivity contribution >= 4 is 11.7 Å². The molecule has 0 amide bonds. The Morgan fingerprint density at radius 1 is 1.31 bits per heavy atom. The first-order valence-electron chi connectivity index (χ1n) is 4.23. The fourth-order valence-corrected chi connectivity index (χ4v) is 1.06. The predicted molar refractivity (Wildman–Crippen MR) is 51.8 cm³/mol. The number of rotatable bonds is 3. The van der Waals surface area contributed by atoms with Crippen LogP contribution in [0.15, 0.2) is 36.5 Å². The maximum atomic E-state index is 12.5. The van der Waals surface area contributed by atoms with Crippen molar-refractivity contribution in [1.82, 2.24) is 0 Å². The number of anilines is 1. The van der Waals surface area contributed by atoms with Gasteiger partial charge in [0.05, 0.1) is 11.3 Å². The number of halogens is 3. The van der Waals surface area contributed by atoms with Crippen molar-refractivity contribution in [3.05, 3.63) is 42.1 Å². The van der Waals surface area contributed by atoms with E-state index in [4.69, 9.17) is 5.11 Å². The number of hydrogen-bond acceptors (Lipinski definition) is 2. The first-order valence-corrected chi connectivity index (χ1v) is 4.23. The van der Waals surface area contributed by atoms with Crippen LogP contribution >= 0.6 is 0 Å². The molecule has 1 rings (SSSR count). The molecule has 1 aromatic carbocycles. The minimum atomic E-state index is -4.47. The summed E-state index contributed by atoms with van der Waals surface area (Å²) in [6, 6.07) is 4.81. The Morgan fingerprint density at radius 3 is 2.50 bits per heavy atom. The lowest BCUT2D eigenvalue weighted by Crippen LogP contribution is -2.08. The molecule has 0 bridgehead atoms. The van der Waals surface area contributed by atoms with E-state index in [1.165, 1.54) is 18.2 Å². The molecular formula is C10H8F3NO2. The molecule has 0 aromatic heterocycles. The van der Waals surface area contributed by atoms with E-state index in [0.29, 0.717) is 6.08 Å². The molecule has 0 saturated carbocycles. The van der Waals surface area contributed by atoms with Gasteiger partial charge in [-0.05, 0) is 12.1 Å². The van der Waals surface area contributed by atoms with Crippen molar-refractivity contribution in [2.75, 3.05) is 5.32 Å². The van der Waals surface area contributed by atoms with Gasteiger partial charge in [0.2, 0.25) is 0 Å². The summed E-state index contributed by atoms with van der Waals surface area (Å²) in [6.45, 7) is 0. The van der Waals surface area contributed by atoms with Crippen LogP contribution < -0.4 is 5.32 Å². The molecule has 0 aliphatic rings. The first kappa shape index (κ1) is 12.1. The van der Waals surface area contributed by atoms with Crippen LogP contribution in [-0.2, 0) is 11.0 Å². The number of carbonyl (C=O) groups is 1. The fraction of sp³-hybridized carbons (Fsp3) is 0.100. The zero-order valence-electron chi connectivity index (χ0n) is 7.95. The van der Waals surface area contributed by atoms with Gasteiger partial charge in [-0.1, -0.05) is 12.1 Å². The third-order valence-electron chi connectivity index (χ3n) is 1.70. The number of carboxylic acids is 1. The molecule has 0 aliphatic carbocycles. The average Bonchev–Trinajstić information content (AvgIpc) is 2.16. The van der Waals surface area contributed by atoms with Crippen LogP contribution in [0.2, 0.25) is 0 Å². The van der Waals surface area contributed by atoms with Gasteiger partial charge in [-0.15, -0.1) is 0 Å². The Bertz CT molecular complexity index is 413. The molecule has 0 aliphatic heterocycles. The van der Waals surface area contributed by atoms with Gasteiger partial charge in [0.25, 0.3) is 0 Å². The molecule has 0 saturated heterocycles. The molecule has 1 aromatic rings. The lowest BCUT2D eigenvalue weighted by molar-refractivity contribution is -0.137. The maximum Gasteiger partial charge on any atom is 0.418 e. The lowest BCUT2D eigenvalue weighted by atomic mass is 10.1. The molecule has 0 fully saturated rings. The number of benzene rings is 1. The third-order valence-corrected chi connectivity index (χ3v) is 1.70. The smallest absolute Gasteiger partial charge is 0.418 e. The molecule has 2 N–H and O–H groups in total. The van der Waals surface area contributed by atoms with E-state index in [-0.39, 0.29) is 5.69 Å². The highest BCUT2D eigenvalue weighted by Crippen LogP contribution is 2.34. The number of para-hydroxylation sites is 1. The van der Waals surface area contributed by atoms with Crippen molar-refractivity contribution in [2.45, 2.75) is 6.18 Å². The molecule has 0 radical (unpaired) electrons. The van der Waals surface area contributed by atoms with E-state index < -0.39 is 17.7 Å². The zero-order valence-corrected chi connectivity index (χ0v) is 7.95. The van der Waals surface area contributed by atoms with Gasteiger partial charge < -0.3 is 10.4 Å². The molecule has 0 unspecified atom stereocenters. The van der Waals surface area contributed by atoms with E-state index >= 15 is 0 Å². The van der Waals surface area contributed by atoms with Gasteiger partial charge in [0.15, 0.2) is 0 Å². The summed E-state index contributed by atoms with van der Waals surface area (Å²) < 4.78 is 37.4. The van der Waals surface area contributed by atoms with E-state index in [1.54, 1.807) is 0 Å². The summed E-state index contributed by atoms with van der Waals surface area (Å²) >= 11 is 0. The summed E-state index contributed by atoms with van der Waals surface area (Å²) in [5.41, 5.74) is -1.03. The standard InChI is InChI=1S/C10H8F3NO2/c11-10(12,13)7-3-1-2-4-8(7)14-6-5-9(15)16/h1-6,14H,(H,15,16)/b6-5+. The summed E-state index contributed by atoms with van der Waals surface area (Å²) in [7, 11) is 0. The van der Waals surface area contributed by atoms with Crippen molar-refractivity contribution < 1.29 is 23.1 Å². The van der Waals surface area contributed by atoms with Crippen LogP contribution in [0, 0.1) is 0 Å². The van der Waals surface area contributed by atoms with Crippen LogP contribution in [0.4, 0.5) is 18.9 Å². The second-order valence-corrected chi connectivity index (χ2v) is 2.86. The van der Waals surface area contributed by atoms with Gasteiger partial charge in [0, 0.05) is 12.3 Å². The summed E-state index contributed by atoms with van der Waals surface area (Å²) in [5.74, 6) is -1.24. The molecule has 0 atom stereocenters. The second kappa shape index (κ2) is 4.69. The normalized spacial score (nSPS) is 11.7. The predicted octanol–water partition coefficient (Wildman–Crippen LogP) is 2.72. The van der Waals surface area contributed by atoms with Gasteiger partial charge in [-0.2, -0.15) is 13.2 Å². The Morgan fingerprint density at radius 2 is 1.94 bits per heavy atom. The Hall–Kier alpha value is -1.98. The minimum absolute atomic E-state index is 0.187. The molecule has 16 heavy (non-hydrogen) atoms. The highest BCUT2D eigenvalue weighted by molar-refractivity contribution is 5.80. The molecule has 0 heterocycles. The molecule has 86 valence electrons. The number of aliphatic carboxylic acids is 1. The van der Waals surface area contributed by atoms with Crippen LogP contribution in [0.25, 0.3) is 0 Å². The van der Waals surface area contributed by atoms with Crippen LogP contribution in [0.5, 0.6) is 0 Å². The number of nitrogens with one attached hydrogen (secondary N) is 1. The third kappa shape index (κ3) is 3.30. The highest BCUT2D eigenvalue weighted by Gasteiger charge is 2.32. The van der Waals surface area contributed by atoms with Crippen LogP contribution in [-0.4, -0.2) is 11.1 Å². The van der Waals surface area contributed by atoms with Gasteiger partial charge in [0.1, 0.15) is 0 Å². The van der Waals surface area contributed by atoms with Gasteiger partial charge >= 0.3 is 12.1 Å². The maximum absolute atomic E-state index is 12.5. The van der Waals surface area contributed by atoms with Crippen molar-refractivity contribution in [2.24, 2.45) is 0 Å². The average molecular weight is 231 g/mol. The van der Waals surface area contributed by atoms with E-state index in [2.05, 4.69) is 5.32 Å². The summed E-state index contributed by atoms with van der Waals surface area (Å²) in [6.07, 6.45) is -2.82. The fourth-order valence-electron chi connectivity index (χ4n) is 1.06. The molecule has 6 heteroatoms. The van der Waals surface area contributed by atoms with Crippen molar-refractivity contribution in [1.29, 1.82) is 0 Å². The molecule has 3 nitrogen and oxygen atoms in total. The minimum Gasteiger partial charge on any atom is -0.478 e. The molecular weight excluding hydrogens is 223 g/mol. The highest BCUT2D eigenvalue weighted by atomic mass is 19.4. The van der Waals surface area contributed by atoms with E-state index in [1.807, 2.05) is 0 Å². The zero-order chi connectivity index (χ0) is 12.2. The monoisotopic (exact) mass is 231 g/mol. The number of carboxylic acid groups (broad SMARTS) is 1. The Balaban J connectivity index is 2.92. The number of hydrogen-bond donors (Lipinski definition) is 2. The van der Waals surface area contributed by atoms with Crippen molar-refractivity contribution in [3.63, 3.8) is 0 Å². The SMILES string of the molecule is O=C(O)/C=C/Nc1ccccc1C(F)(F)F. The van der Waals surface area contributed by atoms with Crippen LogP contribution in [0.3, 0.4) is 0 Å². The largest absolute Gasteiger partial charge is 0.478 e. The topological polar surface area (TPSA) is 49.3 Å². The van der Waals surface area contributed by atoms with Crippen LogP contribution in [0.1, 0.15) is 5.56 Å².